The third-order valence-electron chi connectivity index (χ3n) is 2.13. The fourth-order valence-electron chi connectivity index (χ4n) is 1.69. The standard InChI is InChI=1S/C11H13BrO/c1-7-4-8(2)11(9(3)5-7)10(12)6-13/h4-6,10H,1-3H3. The Bertz CT molecular complexity index is 308. The van der Waals surface area contributed by atoms with Gasteiger partial charge in [-0.1, -0.05) is 33.6 Å². The maximum atomic E-state index is 10.6. The largest absolute Gasteiger partial charge is 0.302 e. The van der Waals surface area contributed by atoms with E-state index in [9.17, 15) is 4.79 Å². The summed E-state index contributed by atoms with van der Waals surface area (Å²) in [5, 5.41) is 0. The topological polar surface area (TPSA) is 17.1 Å². The lowest BCUT2D eigenvalue weighted by Crippen LogP contribution is -1.98. The second-order valence-electron chi connectivity index (χ2n) is 3.35. The normalized spacial score (nSPS) is 12.6. The van der Waals surface area contributed by atoms with Crippen molar-refractivity contribution in [3.63, 3.8) is 0 Å². The lowest BCUT2D eigenvalue weighted by Gasteiger charge is -2.12. The monoisotopic (exact) mass is 240 g/mol. The molecule has 1 atom stereocenters. The maximum absolute atomic E-state index is 10.6. The predicted octanol–water partition coefficient (Wildman–Crippen LogP) is 3.25. The summed E-state index contributed by atoms with van der Waals surface area (Å²) in [5.74, 6) is 0. The first-order chi connectivity index (χ1) is 6.06. The van der Waals surface area contributed by atoms with Gasteiger partial charge in [-0.2, -0.15) is 0 Å². The molecule has 0 aliphatic heterocycles. The molecule has 0 amide bonds. The number of hydrogen-bond acceptors (Lipinski definition) is 1. The number of carbonyl (C=O) groups excluding carboxylic acids is 1. The van der Waals surface area contributed by atoms with Crippen LogP contribution in [0.25, 0.3) is 0 Å². The van der Waals surface area contributed by atoms with Gasteiger partial charge in [-0.05, 0) is 37.5 Å². The van der Waals surface area contributed by atoms with E-state index in [1.807, 2.05) is 13.8 Å². The van der Waals surface area contributed by atoms with Gasteiger partial charge in [-0.15, -0.1) is 0 Å². The van der Waals surface area contributed by atoms with Crippen LogP contribution in [-0.2, 0) is 4.79 Å². The summed E-state index contributed by atoms with van der Waals surface area (Å²) in [6, 6.07) is 4.19. The Morgan fingerprint density at radius 3 is 2.08 bits per heavy atom. The number of halogens is 1. The molecule has 1 aromatic rings. The number of aldehydes is 1. The minimum atomic E-state index is -0.173. The van der Waals surface area contributed by atoms with Crippen molar-refractivity contribution < 1.29 is 4.79 Å². The van der Waals surface area contributed by atoms with Crippen LogP contribution in [0.5, 0.6) is 0 Å². The van der Waals surface area contributed by atoms with E-state index in [0.717, 1.165) is 11.8 Å². The molecule has 1 unspecified atom stereocenters. The zero-order valence-electron chi connectivity index (χ0n) is 8.10. The number of hydrogen-bond donors (Lipinski definition) is 0. The van der Waals surface area contributed by atoms with Crippen molar-refractivity contribution in [3.8, 4) is 0 Å². The number of alkyl halides is 1. The van der Waals surface area contributed by atoms with Gasteiger partial charge in [-0.25, -0.2) is 0 Å². The summed E-state index contributed by atoms with van der Waals surface area (Å²) in [6.07, 6.45) is 0.921. The molecule has 13 heavy (non-hydrogen) atoms. The van der Waals surface area contributed by atoms with Crippen molar-refractivity contribution >= 4 is 22.2 Å². The molecule has 1 rings (SSSR count). The molecule has 0 saturated heterocycles. The molecule has 0 bridgehead atoms. The minimum absolute atomic E-state index is 0.173. The zero-order chi connectivity index (χ0) is 10.0. The highest BCUT2D eigenvalue weighted by atomic mass is 79.9. The average molecular weight is 241 g/mol. The van der Waals surface area contributed by atoms with Crippen LogP contribution in [-0.4, -0.2) is 6.29 Å². The van der Waals surface area contributed by atoms with Crippen molar-refractivity contribution in [2.24, 2.45) is 0 Å². The predicted molar refractivity (Wildman–Crippen MR) is 58.4 cm³/mol. The van der Waals surface area contributed by atoms with Gasteiger partial charge >= 0.3 is 0 Å². The molecule has 2 heteroatoms. The van der Waals surface area contributed by atoms with E-state index in [-0.39, 0.29) is 4.83 Å². The Balaban J connectivity index is 3.28. The molecular formula is C11H13BrO. The summed E-state index contributed by atoms with van der Waals surface area (Å²) >= 11 is 3.34. The van der Waals surface area contributed by atoms with Crippen molar-refractivity contribution in [3.05, 3.63) is 34.4 Å². The highest BCUT2D eigenvalue weighted by Crippen LogP contribution is 2.27. The molecule has 0 N–H and O–H groups in total. The third kappa shape index (κ3) is 2.19. The molecule has 1 aromatic carbocycles. The first kappa shape index (κ1) is 10.5. The molecular weight excluding hydrogens is 228 g/mol. The molecule has 0 fully saturated rings. The van der Waals surface area contributed by atoms with E-state index in [1.165, 1.54) is 16.7 Å². The Hall–Kier alpha value is -0.630. The fraction of sp³-hybridized carbons (Fsp3) is 0.364. The van der Waals surface area contributed by atoms with Crippen LogP contribution in [0.2, 0.25) is 0 Å². The van der Waals surface area contributed by atoms with Gasteiger partial charge in [0.15, 0.2) is 0 Å². The highest BCUT2D eigenvalue weighted by molar-refractivity contribution is 9.09. The van der Waals surface area contributed by atoms with Crippen LogP contribution in [0, 0.1) is 20.8 Å². The molecule has 0 aromatic heterocycles. The van der Waals surface area contributed by atoms with E-state index in [4.69, 9.17) is 0 Å². The lowest BCUT2D eigenvalue weighted by atomic mass is 9.98. The number of aryl methyl sites for hydroxylation is 3. The van der Waals surface area contributed by atoms with Gasteiger partial charge < -0.3 is 4.79 Å². The quantitative estimate of drug-likeness (QED) is 0.573. The maximum Gasteiger partial charge on any atom is 0.138 e. The first-order valence-corrected chi connectivity index (χ1v) is 5.15. The molecule has 0 saturated carbocycles. The van der Waals surface area contributed by atoms with E-state index in [1.54, 1.807) is 0 Å². The van der Waals surface area contributed by atoms with Crippen molar-refractivity contribution in [2.75, 3.05) is 0 Å². The van der Waals surface area contributed by atoms with E-state index >= 15 is 0 Å². The van der Waals surface area contributed by atoms with Gasteiger partial charge in [0, 0.05) is 0 Å². The summed E-state index contributed by atoms with van der Waals surface area (Å²) < 4.78 is 0. The Labute approximate surface area is 87.3 Å². The number of benzene rings is 1. The zero-order valence-corrected chi connectivity index (χ0v) is 9.68. The Kier molecular flexibility index (Phi) is 3.26. The van der Waals surface area contributed by atoms with Crippen molar-refractivity contribution in [1.29, 1.82) is 0 Å². The summed E-state index contributed by atoms with van der Waals surface area (Å²) in [4.78, 5) is 10.5. The number of carbonyl (C=O) groups is 1. The molecule has 0 aliphatic rings. The van der Waals surface area contributed by atoms with Gasteiger partial charge in [0.25, 0.3) is 0 Å². The molecule has 70 valence electrons. The summed E-state index contributed by atoms with van der Waals surface area (Å²) in [6.45, 7) is 6.13. The first-order valence-electron chi connectivity index (χ1n) is 4.23. The summed E-state index contributed by atoms with van der Waals surface area (Å²) in [7, 11) is 0. The molecule has 0 aliphatic carbocycles. The van der Waals surface area contributed by atoms with Crippen LogP contribution in [0.1, 0.15) is 27.1 Å². The van der Waals surface area contributed by atoms with Crippen LogP contribution in [0.4, 0.5) is 0 Å². The second-order valence-corrected chi connectivity index (χ2v) is 4.34. The Morgan fingerprint density at radius 2 is 1.69 bits per heavy atom. The van der Waals surface area contributed by atoms with Crippen LogP contribution in [0.15, 0.2) is 12.1 Å². The molecule has 0 heterocycles. The van der Waals surface area contributed by atoms with Crippen LogP contribution in [0.3, 0.4) is 0 Å². The van der Waals surface area contributed by atoms with E-state index in [0.29, 0.717) is 0 Å². The smallest absolute Gasteiger partial charge is 0.138 e. The van der Waals surface area contributed by atoms with Crippen LogP contribution >= 0.6 is 15.9 Å². The van der Waals surface area contributed by atoms with Crippen molar-refractivity contribution in [2.45, 2.75) is 25.6 Å². The fourth-order valence-corrected chi connectivity index (χ4v) is 2.42. The van der Waals surface area contributed by atoms with Gasteiger partial charge in [0.2, 0.25) is 0 Å². The van der Waals surface area contributed by atoms with Crippen molar-refractivity contribution in [1.82, 2.24) is 0 Å². The lowest BCUT2D eigenvalue weighted by molar-refractivity contribution is -0.107. The van der Waals surface area contributed by atoms with Gasteiger partial charge in [-0.3, -0.25) is 0 Å². The van der Waals surface area contributed by atoms with E-state index in [2.05, 4.69) is 35.0 Å². The highest BCUT2D eigenvalue weighted by Gasteiger charge is 2.11. The molecule has 1 nitrogen and oxygen atoms in total. The van der Waals surface area contributed by atoms with Gasteiger partial charge in [0.05, 0.1) is 4.83 Å². The average Bonchev–Trinajstić information content (AvgIpc) is 2.02. The van der Waals surface area contributed by atoms with Gasteiger partial charge in [0.1, 0.15) is 6.29 Å². The van der Waals surface area contributed by atoms with E-state index < -0.39 is 0 Å². The minimum Gasteiger partial charge on any atom is -0.302 e. The number of rotatable bonds is 2. The third-order valence-corrected chi connectivity index (χ3v) is 2.81. The Morgan fingerprint density at radius 1 is 1.23 bits per heavy atom. The summed E-state index contributed by atoms with van der Waals surface area (Å²) in [5.41, 5.74) is 4.68. The molecule has 0 radical (unpaired) electrons. The second kappa shape index (κ2) is 4.05. The van der Waals surface area contributed by atoms with Crippen LogP contribution < -0.4 is 0 Å². The SMILES string of the molecule is Cc1cc(C)c(C(Br)C=O)c(C)c1. The molecule has 0 spiro atoms.